The molecule has 0 aliphatic rings. The van der Waals surface area contributed by atoms with E-state index in [0.717, 1.165) is 32.8 Å². The number of amides is 2. The number of aryl methyl sites for hydroxylation is 3. The fraction of sp³-hybridized carbons (Fsp3) is 0.462. The molecule has 0 unspecified atom stereocenters. The molecule has 0 bridgehead atoms. The molecule has 2 rings (SSSR count). The zero-order valence-corrected chi connectivity index (χ0v) is 22.1. The summed E-state index contributed by atoms with van der Waals surface area (Å²) >= 11 is 0. The molecule has 0 heterocycles. The predicted molar refractivity (Wildman–Crippen MR) is 137 cm³/mol. The Kier molecular flexibility index (Phi) is 9.27. The molecule has 2 amide bonds. The number of benzene rings is 2. The van der Waals surface area contributed by atoms with Crippen LogP contribution in [0.25, 0.3) is 0 Å². The second kappa shape index (κ2) is 11.5. The van der Waals surface area contributed by atoms with Gasteiger partial charge in [-0.05, 0) is 63.8 Å². The second-order valence-corrected chi connectivity index (χ2v) is 11.0. The Bertz CT molecular complexity index is 1130. The smallest absolute Gasteiger partial charge is 0.244 e. The molecule has 1 N–H and O–H groups in total. The van der Waals surface area contributed by atoms with Gasteiger partial charge in [0.1, 0.15) is 12.6 Å². The lowest BCUT2D eigenvalue weighted by Crippen LogP contribution is -2.53. The van der Waals surface area contributed by atoms with Crippen LogP contribution in [0.1, 0.15) is 49.4 Å². The minimum Gasteiger partial charge on any atom is -0.352 e. The number of carbonyl (C=O) groups is 2. The Balaban J connectivity index is 2.49. The van der Waals surface area contributed by atoms with Crippen LogP contribution in [0.2, 0.25) is 0 Å². The molecule has 0 saturated carbocycles. The third-order valence-electron chi connectivity index (χ3n) is 5.72. The molecule has 186 valence electrons. The van der Waals surface area contributed by atoms with Gasteiger partial charge in [0.15, 0.2) is 0 Å². The van der Waals surface area contributed by atoms with Gasteiger partial charge in [-0.15, -0.1) is 0 Å². The van der Waals surface area contributed by atoms with Crippen LogP contribution in [0.5, 0.6) is 0 Å². The molecule has 0 aromatic heterocycles. The first-order valence-corrected chi connectivity index (χ1v) is 13.4. The summed E-state index contributed by atoms with van der Waals surface area (Å²) in [6.45, 7) is 11.1. The summed E-state index contributed by atoms with van der Waals surface area (Å²) in [5.74, 6) is -0.684. The number of carbonyl (C=O) groups excluding carboxylic acids is 2. The Morgan fingerprint density at radius 1 is 1.00 bits per heavy atom. The molecule has 0 saturated heterocycles. The van der Waals surface area contributed by atoms with E-state index in [-0.39, 0.29) is 25.0 Å². The summed E-state index contributed by atoms with van der Waals surface area (Å²) in [4.78, 5) is 28.2. The normalized spacial score (nSPS) is 12.4. The van der Waals surface area contributed by atoms with Gasteiger partial charge in [-0.1, -0.05) is 48.9 Å². The largest absolute Gasteiger partial charge is 0.352 e. The minimum atomic E-state index is -3.75. The van der Waals surface area contributed by atoms with Crippen LogP contribution in [-0.4, -0.2) is 50.0 Å². The van der Waals surface area contributed by atoms with E-state index in [1.807, 2.05) is 77.9 Å². The minimum absolute atomic E-state index is 0.0836. The van der Waals surface area contributed by atoms with Crippen molar-refractivity contribution < 1.29 is 18.0 Å². The monoisotopic (exact) mass is 487 g/mol. The lowest BCUT2D eigenvalue weighted by atomic mass is 10.1. The zero-order chi connectivity index (χ0) is 25.6. The van der Waals surface area contributed by atoms with Gasteiger partial charge in [-0.25, -0.2) is 8.42 Å². The number of hydrogen-bond donors (Lipinski definition) is 1. The molecule has 2 aromatic rings. The van der Waals surface area contributed by atoms with Crippen molar-refractivity contribution in [1.29, 1.82) is 0 Å². The van der Waals surface area contributed by atoms with E-state index in [9.17, 15) is 18.0 Å². The molecule has 0 radical (unpaired) electrons. The van der Waals surface area contributed by atoms with Crippen LogP contribution in [-0.2, 0) is 26.2 Å². The van der Waals surface area contributed by atoms with Gasteiger partial charge in [0.25, 0.3) is 0 Å². The lowest BCUT2D eigenvalue weighted by molar-refractivity contribution is -0.140. The molecule has 8 heteroatoms. The highest BCUT2D eigenvalue weighted by atomic mass is 32.2. The van der Waals surface area contributed by atoms with Crippen molar-refractivity contribution in [3.63, 3.8) is 0 Å². The average molecular weight is 488 g/mol. The van der Waals surface area contributed by atoms with Crippen LogP contribution >= 0.6 is 0 Å². The maximum atomic E-state index is 13.7. The van der Waals surface area contributed by atoms with E-state index >= 15 is 0 Å². The molecule has 34 heavy (non-hydrogen) atoms. The SMILES string of the molecule is CC[C@H](C(=O)NC(C)C)N(Cc1ccccc1C)C(=O)CN(c1ccc(C)cc1C)S(C)(=O)=O. The number of anilines is 1. The summed E-state index contributed by atoms with van der Waals surface area (Å²) in [7, 11) is -3.75. The molecule has 0 aliphatic carbocycles. The molecular formula is C26H37N3O4S. The highest BCUT2D eigenvalue weighted by Gasteiger charge is 2.32. The van der Waals surface area contributed by atoms with E-state index in [2.05, 4.69) is 5.32 Å². The van der Waals surface area contributed by atoms with Crippen molar-refractivity contribution in [2.75, 3.05) is 17.1 Å². The van der Waals surface area contributed by atoms with E-state index in [1.165, 1.54) is 4.90 Å². The number of nitrogens with one attached hydrogen (secondary N) is 1. The van der Waals surface area contributed by atoms with E-state index in [1.54, 1.807) is 6.07 Å². The van der Waals surface area contributed by atoms with Crippen molar-refractivity contribution in [2.45, 2.75) is 66.6 Å². The number of hydrogen-bond acceptors (Lipinski definition) is 4. The van der Waals surface area contributed by atoms with Gasteiger partial charge >= 0.3 is 0 Å². The molecule has 7 nitrogen and oxygen atoms in total. The number of nitrogens with zero attached hydrogens (tertiary/aromatic N) is 2. The van der Waals surface area contributed by atoms with Crippen LogP contribution in [0.15, 0.2) is 42.5 Å². The van der Waals surface area contributed by atoms with Gasteiger partial charge in [0.2, 0.25) is 21.8 Å². The van der Waals surface area contributed by atoms with E-state index in [4.69, 9.17) is 0 Å². The van der Waals surface area contributed by atoms with Crippen molar-refractivity contribution in [3.8, 4) is 0 Å². The fourth-order valence-corrected chi connectivity index (χ4v) is 4.86. The number of sulfonamides is 1. The van der Waals surface area contributed by atoms with Gasteiger partial charge in [0, 0.05) is 12.6 Å². The highest BCUT2D eigenvalue weighted by molar-refractivity contribution is 7.92. The summed E-state index contributed by atoms with van der Waals surface area (Å²) in [6, 6.07) is 12.3. The first-order valence-electron chi connectivity index (χ1n) is 11.5. The van der Waals surface area contributed by atoms with Gasteiger partial charge in [-0.3, -0.25) is 13.9 Å². The maximum Gasteiger partial charge on any atom is 0.244 e. The highest BCUT2D eigenvalue weighted by Crippen LogP contribution is 2.24. The van der Waals surface area contributed by atoms with E-state index in [0.29, 0.717) is 12.1 Å². The first-order chi connectivity index (χ1) is 15.8. The zero-order valence-electron chi connectivity index (χ0n) is 21.3. The third kappa shape index (κ3) is 7.06. The topological polar surface area (TPSA) is 86.8 Å². The quantitative estimate of drug-likeness (QED) is 0.554. The third-order valence-corrected chi connectivity index (χ3v) is 6.85. The molecule has 0 aliphatic heterocycles. The Morgan fingerprint density at radius 2 is 1.65 bits per heavy atom. The Morgan fingerprint density at radius 3 is 2.18 bits per heavy atom. The van der Waals surface area contributed by atoms with Gasteiger partial charge in [0.05, 0.1) is 11.9 Å². The predicted octanol–water partition coefficient (Wildman–Crippen LogP) is 3.71. The molecule has 2 aromatic carbocycles. The van der Waals surface area contributed by atoms with Crippen molar-refractivity contribution in [3.05, 3.63) is 64.7 Å². The van der Waals surface area contributed by atoms with Crippen LogP contribution in [0.3, 0.4) is 0 Å². The molecular weight excluding hydrogens is 450 g/mol. The van der Waals surface area contributed by atoms with Crippen molar-refractivity contribution in [2.24, 2.45) is 0 Å². The Hall–Kier alpha value is -2.87. The van der Waals surface area contributed by atoms with Crippen LogP contribution < -0.4 is 9.62 Å². The summed E-state index contributed by atoms with van der Waals surface area (Å²) in [5.41, 5.74) is 4.11. The molecule has 0 spiro atoms. The second-order valence-electron chi connectivity index (χ2n) is 9.10. The number of rotatable bonds is 10. The maximum absolute atomic E-state index is 13.7. The molecule has 1 atom stereocenters. The van der Waals surface area contributed by atoms with Gasteiger partial charge in [-0.2, -0.15) is 0 Å². The lowest BCUT2D eigenvalue weighted by Gasteiger charge is -2.33. The van der Waals surface area contributed by atoms with Crippen LogP contribution in [0, 0.1) is 20.8 Å². The van der Waals surface area contributed by atoms with Crippen molar-refractivity contribution in [1.82, 2.24) is 10.2 Å². The van der Waals surface area contributed by atoms with Gasteiger partial charge < -0.3 is 10.2 Å². The van der Waals surface area contributed by atoms with Crippen molar-refractivity contribution >= 4 is 27.5 Å². The first kappa shape index (κ1) is 27.4. The fourth-order valence-electron chi connectivity index (χ4n) is 3.95. The standard InChI is InChI=1S/C26H37N3O4S/c1-8-23(26(31)27-18(2)3)28(16-22-12-10-9-11-20(22)5)25(30)17-29(34(7,32)33)24-14-13-19(4)15-21(24)6/h9-15,18,23H,8,16-17H2,1-7H3,(H,27,31)/t23-/m1/s1. The molecule has 0 fully saturated rings. The average Bonchev–Trinajstić information content (AvgIpc) is 2.72. The van der Waals surface area contributed by atoms with E-state index < -0.39 is 22.0 Å². The summed E-state index contributed by atoms with van der Waals surface area (Å²) < 4.78 is 26.6. The Labute approximate surface area is 204 Å². The van der Waals surface area contributed by atoms with Crippen LogP contribution in [0.4, 0.5) is 5.69 Å². The summed E-state index contributed by atoms with van der Waals surface area (Å²) in [6.07, 6.45) is 1.49. The summed E-state index contributed by atoms with van der Waals surface area (Å²) in [5, 5.41) is 2.90.